The van der Waals surface area contributed by atoms with E-state index < -0.39 is 10.8 Å². The molecule has 0 atom stereocenters. The number of nitro benzene ring substituents is 1. The Kier molecular flexibility index (Phi) is 5.77. The van der Waals surface area contributed by atoms with Crippen LogP contribution in [0.2, 0.25) is 0 Å². The van der Waals surface area contributed by atoms with E-state index in [9.17, 15) is 14.9 Å². The molecule has 0 fully saturated rings. The van der Waals surface area contributed by atoms with Crippen molar-refractivity contribution >= 4 is 22.9 Å². The molecule has 1 amide bonds. The minimum absolute atomic E-state index is 0.141. The number of nitrogens with zero attached hydrogens (tertiary/aromatic N) is 2. The molecule has 1 N–H and O–H groups in total. The lowest BCUT2D eigenvalue weighted by Crippen LogP contribution is -2.23. The van der Waals surface area contributed by atoms with Crippen molar-refractivity contribution in [2.24, 2.45) is 0 Å². The molecule has 0 aliphatic carbocycles. The van der Waals surface area contributed by atoms with E-state index in [0.717, 1.165) is 16.1 Å². The zero-order valence-electron chi connectivity index (χ0n) is 14.5. The van der Waals surface area contributed by atoms with Crippen molar-refractivity contribution in [2.45, 2.75) is 13.5 Å². The quantitative estimate of drug-likeness (QED) is 0.491. The van der Waals surface area contributed by atoms with Crippen molar-refractivity contribution in [1.29, 1.82) is 0 Å². The number of aromatic nitrogens is 1. The smallest absolute Gasteiger partial charge is 0.270 e. The van der Waals surface area contributed by atoms with Crippen LogP contribution >= 0.6 is 11.3 Å². The van der Waals surface area contributed by atoms with Gasteiger partial charge in [-0.15, -0.1) is 11.3 Å². The maximum absolute atomic E-state index is 12.6. The van der Waals surface area contributed by atoms with Crippen LogP contribution in [0, 0.1) is 10.1 Å². The Hall–Kier alpha value is -3.26. The fraction of sp³-hybridized carbons (Fsp3) is 0.158. The van der Waals surface area contributed by atoms with E-state index in [1.54, 1.807) is 13.1 Å². The van der Waals surface area contributed by atoms with Gasteiger partial charge in [-0.3, -0.25) is 14.9 Å². The first-order chi connectivity index (χ1) is 13.1. The van der Waals surface area contributed by atoms with Crippen LogP contribution < -0.4 is 10.1 Å². The van der Waals surface area contributed by atoms with Gasteiger partial charge < -0.3 is 10.1 Å². The monoisotopic (exact) mass is 383 g/mol. The summed E-state index contributed by atoms with van der Waals surface area (Å²) < 4.78 is 5.42. The Bertz CT molecular complexity index is 957. The normalized spacial score (nSPS) is 10.4. The molecule has 8 heteroatoms. The molecule has 1 aromatic heterocycles. The van der Waals surface area contributed by atoms with E-state index in [1.165, 1.54) is 29.5 Å². The van der Waals surface area contributed by atoms with Crippen molar-refractivity contribution in [3.05, 3.63) is 75.3 Å². The van der Waals surface area contributed by atoms with Crippen molar-refractivity contribution in [1.82, 2.24) is 10.3 Å². The highest BCUT2D eigenvalue weighted by Crippen LogP contribution is 2.25. The number of rotatable bonds is 7. The Morgan fingerprint density at radius 1 is 1.30 bits per heavy atom. The summed E-state index contributed by atoms with van der Waals surface area (Å²) in [5.74, 6) is -0.112. The second kappa shape index (κ2) is 8.41. The third kappa shape index (κ3) is 4.48. The largest absolute Gasteiger partial charge is 0.493 e. The molecule has 3 aromatic rings. The predicted octanol–water partition coefficient (Wildman–Crippen LogP) is 4.05. The van der Waals surface area contributed by atoms with Gasteiger partial charge in [0.1, 0.15) is 10.8 Å². The highest BCUT2D eigenvalue weighted by atomic mass is 32.1. The number of carbonyl (C=O) groups is 1. The first-order valence-electron chi connectivity index (χ1n) is 8.26. The Morgan fingerprint density at radius 3 is 2.85 bits per heavy atom. The second-order valence-corrected chi connectivity index (χ2v) is 6.49. The minimum atomic E-state index is -0.538. The molecule has 1 heterocycles. The zero-order chi connectivity index (χ0) is 19.2. The molecule has 0 saturated heterocycles. The number of nitro groups is 1. The molecule has 138 valence electrons. The molecule has 0 aliphatic rings. The number of thiazole rings is 1. The van der Waals surface area contributed by atoms with Crippen LogP contribution in [-0.2, 0) is 6.54 Å². The minimum Gasteiger partial charge on any atom is -0.493 e. The van der Waals surface area contributed by atoms with Crippen LogP contribution in [0.4, 0.5) is 5.69 Å². The summed E-state index contributed by atoms with van der Waals surface area (Å²) in [5.41, 5.74) is 1.86. The van der Waals surface area contributed by atoms with Crippen LogP contribution in [0.1, 0.15) is 22.8 Å². The molecular weight excluding hydrogens is 366 g/mol. The molecule has 27 heavy (non-hydrogen) atoms. The van der Waals surface area contributed by atoms with Crippen molar-refractivity contribution in [3.8, 4) is 16.3 Å². The summed E-state index contributed by atoms with van der Waals surface area (Å²) in [4.78, 5) is 27.3. The predicted molar refractivity (Wildman–Crippen MR) is 103 cm³/mol. The molecule has 0 aliphatic heterocycles. The molecule has 0 unspecified atom stereocenters. The third-order valence-corrected chi connectivity index (χ3v) is 4.60. The van der Waals surface area contributed by atoms with Crippen LogP contribution in [0.3, 0.4) is 0 Å². The van der Waals surface area contributed by atoms with Crippen molar-refractivity contribution in [3.63, 3.8) is 0 Å². The van der Waals surface area contributed by atoms with Gasteiger partial charge in [0.2, 0.25) is 0 Å². The number of hydrogen-bond donors (Lipinski definition) is 1. The van der Waals surface area contributed by atoms with E-state index in [1.807, 2.05) is 29.6 Å². The lowest BCUT2D eigenvalue weighted by atomic mass is 10.1. The summed E-state index contributed by atoms with van der Waals surface area (Å²) in [6, 6.07) is 11.7. The van der Waals surface area contributed by atoms with E-state index in [-0.39, 0.29) is 17.8 Å². The maximum atomic E-state index is 12.6. The van der Waals surface area contributed by atoms with Gasteiger partial charge >= 0.3 is 0 Å². The van der Waals surface area contributed by atoms with Gasteiger partial charge in [0.25, 0.3) is 11.6 Å². The highest BCUT2D eigenvalue weighted by Gasteiger charge is 2.17. The number of carbonyl (C=O) groups excluding carboxylic acids is 1. The van der Waals surface area contributed by atoms with Crippen LogP contribution in [-0.4, -0.2) is 22.4 Å². The van der Waals surface area contributed by atoms with Gasteiger partial charge in [-0.2, -0.15) is 0 Å². The SMILES string of the molecule is CCOc1ccc([N+](=O)[O-])cc1C(=O)NCc1cccc(-c2nccs2)c1. The number of nitrogens with one attached hydrogen (secondary N) is 1. The molecule has 3 rings (SSSR count). The lowest BCUT2D eigenvalue weighted by Gasteiger charge is -2.11. The van der Waals surface area contributed by atoms with Crippen LogP contribution in [0.15, 0.2) is 54.0 Å². The average molecular weight is 383 g/mol. The molecule has 7 nitrogen and oxygen atoms in total. The molecule has 0 spiro atoms. The summed E-state index contributed by atoms with van der Waals surface area (Å²) in [6.45, 7) is 2.42. The van der Waals surface area contributed by atoms with E-state index in [2.05, 4.69) is 10.3 Å². The average Bonchev–Trinajstić information content (AvgIpc) is 3.21. The number of ether oxygens (including phenoxy) is 1. The first kappa shape index (κ1) is 18.5. The molecular formula is C19H17N3O4S. The summed E-state index contributed by atoms with van der Waals surface area (Å²) in [5, 5.41) is 16.6. The molecule has 0 saturated carbocycles. The Labute approximate surface area is 159 Å². The highest BCUT2D eigenvalue weighted by molar-refractivity contribution is 7.13. The van der Waals surface area contributed by atoms with Gasteiger partial charge in [-0.25, -0.2) is 4.98 Å². The first-order valence-corrected chi connectivity index (χ1v) is 9.14. The lowest BCUT2D eigenvalue weighted by molar-refractivity contribution is -0.384. The van der Waals surface area contributed by atoms with Gasteiger partial charge in [0.15, 0.2) is 0 Å². The van der Waals surface area contributed by atoms with Crippen molar-refractivity contribution < 1.29 is 14.5 Å². The molecule has 0 bridgehead atoms. The van der Waals surface area contributed by atoms with E-state index >= 15 is 0 Å². The Balaban J connectivity index is 1.77. The summed E-state index contributed by atoms with van der Waals surface area (Å²) in [7, 11) is 0. The van der Waals surface area contributed by atoms with Gasteiger partial charge in [-0.1, -0.05) is 18.2 Å². The topological polar surface area (TPSA) is 94.4 Å². The number of amides is 1. The van der Waals surface area contributed by atoms with Gasteiger partial charge in [0, 0.05) is 35.8 Å². The maximum Gasteiger partial charge on any atom is 0.270 e. The standard InChI is InChI=1S/C19H17N3O4S/c1-2-26-17-7-6-15(22(24)25)11-16(17)18(23)21-12-13-4-3-5-14(10-13)19-20-8-9-27-19/h3-11H,2,12H2,1H3,(H,21,23). The number of non-ortho nitro benzene ring substituents is 1. The summed E-state index contributed by atoms with van der Waals surface area (Å²) in [6.07, 6.45) is 1.74. The van der Waals surface area contributed by atoms with Gasteiger partial charge in [-0.05, 0) is 24.6 Å². The van der Waals surface area contributed by atoms with Crippen LogP contribution in [0.5, 0.6) is 5.75 Å². The molecule has 0 radical (unpaired) electrons. The fourth-order valence-electron chi connectivity index (χ4n) is 2.55. The Morgan fingerprint density at radius 2 is 2.15 bits per heavy atom. The van der Waals surface area contributed by atoms with Crippen molar-refractivity contribution in [2.75, 3.05) is 6.61 Å². The van der Waals surface area contributed by atoms with E-state index in [0.29, 0.717) is 12.4 Å². The van der Waals surface area contributed by atoms with Crippen LogP contribution in [0.25, 0.3) is 10.6 Å². The van der Waals surface area contributed by atoms with E-state index in [4.69, 9.17) is 4.74 Å². The number of hydrogen-bond acceptors (Lipinski definition) is 6. The third-order valence-electron chi connectivity index (χ3n) is 3.78. The molecule has 2 aromatic carbocycles. The second-order valence-electron chi connectivity index (χ2n) is 5.59. The fourth-order valence-corrected chi connectivity index (χ4v) is 3.18. The number of benzene rings is 2. The summed E-state index contributed by atoms with van der Waals surface area (Å²) >= 11 is 1.54. The van der Waals surface area contributed by atoms with Gasteiger partial charge in [0.05, 0.1) is 17.1 Å². The zero-order valence-corrected chi connectivity index (χ0v) is 15.4.